The number of hydrogen-bond donors (Lipinski definition) is 0. The van der Waals surface area contributed by atoms with Gasteiger partial charge < -0.3 is 57.9 Å². The zero-order valence-corrected chi connectivity index (χ0v) is 64.2. The maximum Gasteiger partial charge on any atom is 0.316 e. The van der Waals surface area contributed by atoms with E-state index in [-0.39, 0.29) is 0 Å². The SMILES string of the molecule is CC.CC.CC.CC1C[SiH](C)O[Si](C)(CCCCCC[SiH2]O[SiH2]O[SiH](CCCCCC[Si]2(C)O[SiH](C)O[SiH](C)O[SiH](C)O2)O[SiH2]CCCCCC[Si]2(C)O[SiH](C)O[SiH](C)O[SiH](C)O2)O[SiH](C)O1. The molecule has 3 aliphatic rings. The lowest BCUT2D eigenvalue weighted by Gasteiger charge is -2.37. The van der Waals surface area contributed by atoms with Crippen molar-refractivity contribution in [3.8, 4) is 0 Å². The summed E-state index contributed by atoms with van der Waals surface area (Å²) in [5, 5.41) is 0. The van der Waals surface area contributed by atoms with Crippen molar-refractivity contribution in [3.63, 3.8) is 0 Å². The highest BCUT2D eigenvalue weighted by Gasteiger charge is 2.41. The predicted octanol–water partition coefficient (Wildman–Crippen LogP) is 7.15. The molecule has 3 aliphatic heterocycles. The highest BCUT2D eigenvalue weighted by Crippen LogP contribution is 2.27. The van der Waals surface area contributed by atoms with E-state index in [4.69, 9.17) is 57.9 Å². The van der Waals surface area contributed by atoms with E-state index in [2.05, 4.69) is 78.9 Å². The van der Waals surface area contributed by atoms with Crippen LogP contribution in [0.1, 0.15) is 126 Å². The van der Waals surface area contributed by atoms with Crippen LogP contribution in [0, 0.1) is 0 Å². The van der Waals surface area contributed by atoms with Crippen LogP contribution < -0.4 is 0 Å². The van der Waals surface area contributed by atoms with E-state index < -0.39 is 139 Å². The van der Waals surface area contributed by atoms with Gasteiger partial charge in [0, 0.05) is 6.10 Å². The maximum atomic E-state index is 6.67. The minimum atomic E-state index is -2.25. The van der Waals surface area contributed by atoms with Gasteiger partial charge >= 0.3 is 44.3 Å². The molecule has 9 unspecified atom stereocenters. The molecule has 0 aliphatic carbocycles. The standard InChI is InChI=1S/C32H90O14Si15.3C2H6/c1-32-31-50(2)41-59(10,42-51(3)33-32)28-22-16-13-19-25-47-34-49-36-58(27-21-15-18-24-30-61(12)45-56(8)39-53(5)40-57(9)46-61)35-48-26-20-14-17-23-29-60(11)43-54(6)37-52(4)38-55(7)44-60;3*1-2/h32,50-58H,13-31,47-49H2,1-12H3;3*1-2H3. The van der Waals surface area contributed by atoms with Crippen molar-refractivity contribution in [2.45, 2.75) is 246 Å². The molecule has 0 aromatic carbocycles. The van der Waals surface area contributed by atoms with E-state index in [9.17, 15) is 0 Å². The van der Waals surface area contributed by atoms with Gasteiger partial charge in [0.15, 0.2) is 9.04 Å². The zero-order valence-electron chi connectivity index (χ0n) is 46.5. The summed E-state index contributed by atoms with van der Waals surface area (Å²) in [4.78, 5) is 0. The van der Waals surface area contributed by atoms with Crippen molar-refractivity contribution < 1.29 is 57.9 Å². The van der Waals surface area contributed by atoms with Gasteiger partial charge in [-0.15, -0.1) is 0 Å². The zero-order chi connectivity index (χ0) is 50.7. The topological polar surface area (TPSA) is 129 Å². The molecule has 0 bridgehead atoms. The molecule has 0 spiro atoms. The number of rotatable bonds is 27. The minimum Gasteiger partial charge on any atom is -0.446 e. The van der Waals surface area contributed by atoms with Gasteiger partial charge in [0.2, 0.25) is 0 Å². The quantitative estimate of drug-likeness (QED) is 0.0610. The average molecular weight is 1210 g/mol. The van der Waals surface area contributed by atoms with E-state index in [1.54, 1.807) is 0 Å². The summed E-state index contributed by atoms with van der Waals surface area (Å²) >= 11 is 0. The Hall–Kier alpha value is 2.69. The summed E-state index contributed by atoms with van der Waals surface area (Å²) in [6, 6.07) is 7.80. The van der Waals surface area contributed by atoms with Crippen LogP contribution in [0.25, 0.3) is 0 Å². The first kappa shape index (κ1) is 69.7. The molecular formula is C38H108O14Si15. The molecule has 3 rings (SSSR count). The van der Waals surface area contributed by atoms with Crippen molar-refractivity contribution in [1.82, 2.24) is 0 Å². The van der Waals surface area contributed by atoms with Gasteiger partial charge in [0.25, 0.3) is 65.7 Å². The molecule has 404 valence electrons. The van der Waals surface area contributed by atoms with Crippen molar-refractivity contribution >= 4 is 139 Å². The Balaban J connectivity index is 0.00000696. The summed E-state index contributed by atoms with van der Waals surface area (Å²) in [7, 11) is -23.1. The fourth-order valence-electron chi connectivity index (χ4n) is 8.78. The third-order valence-corrected chi connectivity index (χ3v) is 58.5. The Kier molecular flexibility index (Phi) is 43.6. The van der Waals surface area contributed by atoms with Crippen LogP contribution in [0.2, 0.25) is 114 Å². The summed E-state index contributed by atoms with van der Waals surface area (Å²) in [6.45, 7) is 38.1. The van der Waals surface area contributed by atoms with Crippen molar-refractivity contribution in [1.29, 1.82) is 0 Å². The highest BCUT2D eigenvalue weighted by atomic mass is 28.5. The normalized spacial score (nSPS) is 33.9. The smallest absolute Gasteiger partial charge is 0.316 e. The molecule has 0 aromatic heterocycles. The van der Waals surface area contributed by atoms with Crippen LogP contribution in [-0.2, 0) is 57.9 Å². The largest absolute Gasteiger partial charge is 0.446 e. The van der Waals surface area contributed by atoms with E-state index in [0.29, 0.717) is 6.10 Å². The number of hydrogen-bond acceptors (Lipinski definition) is 14. The Morgan fingerprint density at radius 3 is 1.28 bits per heavy atom. The summed E-state index contributed by atoms with van der Waals surface area (Å²) in [5.74, 6) is 0. The molecular weight excluding hydrogens is 1100 g/mol. The fourth-order valence-corrected chi connectivity index (χ4v) is 58.9. The Labute approximate surface area is 439 Å². The lowest BCUT2D eigenvalue weighted by molar-refractivity contribution is 0.181. The molecule has 67 heavy (non-hydrogen) atoms. The fraction of sp³-hybridized carbons (Fsp3) is 1.00. The first-order chi connectivity index (χ1) is 32.0. The molecule has 3 heterocycles. The first-order valence-electron chi connectivity index (χ1n) is 27.1. The Bertz CT molecular complexity index is 1120. The summed E-state index contributed by atoms with van der Waals surface area (Å²) in [5.41, 5.74) is 0. The molecule has 0 amide bonds. The molecule has 0 saturated carbocycles. The van der Waals surface area contributed by atoms with Gasteiger partial charge in [-0.3, -0.25) is 0 Å². The minimum absolute atomic E-state index is 0.291. The lowest BCUT2D eigenvalue weighted by Crippen LogP contribution is -2.52. The second-order valence-corrected chi connectivity index (χ2v) is 54.9. The van der Waals surface area contributed by atoms with Crippen LogP contribution in [0.5, 0.6) is 0 Å². The van der Waals surface area contributed by atoms with E-state index >= 15 is 0 Å². The van der Waals surface area contributed by atoms with Crippen molar-refractivity contribution in [2.24, 2.45) is 0 Å². The van der Waals surface area contributed by atoms with Crippen LogP contribution >= 0.6 is 0 Å². The van der Waals surface area contributed by atoms with Gasteiger partial charge in [-0.2, -0.15) is 0 Å². The molecule has 0 radical (unpaired) electrons. The first-order valence-corrected chi connectivity index (χ1v) is 57.9. The summed E-state index contributed by atoms with van der Waals surface area (Å²) in [6.07, 6.45) is 14.8. The monoisotopic (exact) mass is 1210 g/mol. The van der Waals surface area contributed by atoms with Gasteiger partial charge in [0.05, 0.1) is 0 Å². The summed E-state index contributed by atoms with van der Waals surface area (Å²) < 4.78 is 89.2. The van der Waals surface area contributed by atoms with E-state index in [0.717, 1.165) is 43.1 Å². The highest BCUT2D eigenvalue weighted by molar-refractivity contribution is 6.82. The third-order valence-electron chi connectivity index (χ3n) is 11.3. The van der Waals surface area contributed by atoms with E-state index in [1.807, 2.05) is 41.5 Å². The second-order valence-electron chi connectivity index (χ2n) is 18.1. The molecule has 0 N–H and O–H groups in total. The van der Waals surface area contributed by atoms with Gasteiger partial charge in [-0.05, 0) is 121 Å². The van der Waals surface area contributed by atoms with Crippen LogP contribution in [0.4, 0.5) is 0 Å². The van der Waals surface area contributed by atoms with E-state index in [1.165, 1.54) is 76.3 Å². The predicted molar refractivity (Wildman–Crippen MR) is 319 cm³/mol. The number of unbranched alkanes of at least 4 members (excludes halogenated alkanes) is 9. The van der Waals surface area contributed by atoms with Gasteiger partial charge in [0.1, 0.15) is 19.5 Å². The van der Waals surface area contributed by atoms with Crippen molar-refractivity contribution in [2.75, 3.05) is 0 Å². The molecule has 29 heteroatoms. The molecule has 3 fully saturated rings. The van der Waals surface area contributed by atoms with Crippen LogP contribution in [0.3, 0.4) is 0 Å². The maximum absolute atomic E-state index is 6.67. The van der Waals surface area contributed by atoms with Gasteiger partial charge in [-0.25, -0.2) is 0 Å². The van der Waals surface area contributed by atoms with Crippen LogP contribution in [-0.4, -0.2) is 145 Å². The molecule has 14 nitrogen and oxygen atoms in total. The Morgan fingerprint density at radius 1 is 0.463 bits per heavy atom. The second kappa shape index (κ2) is 41.9. The Morgan fingerprint density at radius 2 is 0.836 bits per heavy atom. The average Bonchev–Trinajstić information content (AvgIpc) is 3.23. The molecule has 0 aromatic rings. The molecule has 9 atom stereocenters. The van der Waals surface area contributed by atoms with Crippen molar-refractivity contribution in [3.05, 3.63) is 0 Å². The lowest BCUT2D eigenvalue weighted by atomic mass is 10.2. The third kappa shape index (κ3) is 35.6. The van der Waals surface area contributed by atoms with Gasteiger partial charge in [-0.1, -0.05) is 119 Å². The molecule has 3 saturated heterocycles. The van der Waals surface area contributed by atoms with Crippen LogP contribution in [0.15, 0.2) is 0 Å².